The number of halogens is 1. The van der Waals surface area contributed by atoms with Crippen molar-refractivity contribution in [2.45, 2.75) is 6.92 Å². The van der Waals surface area contributed by atoms with Gasteiger partial charge in [-0.25, -0.2) is 0 Å². The van der Waals surface area contributed by atoms with E-state index in [4.69, 9.17) is 4.74 Å². The molecule has 0 fully saturated rings. The number of hydrogen-bond donors (Lipinski definition) is 0. The molecule has 0 bridgehead atoms. The highest BCUT2D eigenvalue weighted by Crippen LogP contribution is 2.34. The van der Waals surface area contributed by atoms with Crippen LogP contribution in [0.3, 0.4) is 0 Å². The zero-order valence-electron chi connectivity index (χ0n) is 8.11. The van der Waals surface area contributed by atoms with Crippen LogP contribution in [0.4, 0.5) is 5.69 Å². The number of carbonyl (C=O) groups is 1. The molecular weight excluding hydrogens is 266 g/mol. The average Bonchev–Trinajstić information content (AvgIpc) is 2.16. The molecule has 0 unspecified atom stereocenters. The van der Waals surface area contributed by atoms with Gasteiger partial charge in [0.1, 0.15) is 0 Å². The Bertz CT molecular complexity index is 395. The van der Waals surface area contributed by atoms with Crippen LogP contribution in [0.25, 0.3) is 0 Å². The van der Waals surface area contributed by atoms with Crippen LogP contribution in [0.1, 0.15) is 17.3 Å². The molecule has 0 N–H and O–H groups in total. The molecule has 0 saturated carbocycles. The lowest BCUT2D eigenvalue weighted by Crippen LogP contribution is -2.01. The van der Waals surface area contributed by atoms with E-state index in [1.807, 2.05) is 0 Å². The Balaban J connectivity index is 3.52. The number of nitro groups is 1. The van der Waals surface area contributed by atoms with E-state index in [9.17, 15) is 14.9 Å². The third-order valence-corrected chi connectivity index (χ3v) is 2.27. The molecule has 0 spiro atoms. The van der Waals surface area contributed by atoms with Gasteiger partial charge < -0.3 is 4.74 Å². The molecule has 1 rings (SSSR count). The van der Waals surface area contributed by atoms with Gasteiger partial charge in [-0.3, -0.25) is 14.9 Å². The molecular formula is C9H8BrNO4. The van der Waals surface area contributed by atoms with Crippen molar-refractivity contribution in [1.29, 1.82) is 0 Å². The van der Waals surface area contributed by atoms with E-state index < -0.39 is 4.92 Å². The molecule has 80 valence electrons. The van der Waals surface area contributed by atoms with E-state index in [-0.39, 0.29) is 22.8 Å². The number of ether oxygens (including phenoxy) is 1. The Morgan fingerprint density at radius 3 is 2.53 bits per heavy atom. The number of nitro benzene ring substituents is 1. The Morgan fingerprint density at radius 2 is 2.13 bits per heavy atom. The largest absolute Gasteiger partial charge is 0.490 e. The lowest BCUT2D eigenvalue weighted by Gasteiger charge is -2.06. The molecule has 6 heteroatoms. The Labute approximate surface area is 94.3 Å². The van der Waals surface area contributed by atoms with Crippen molar-refractivity contribution in [1.82, 2.24) is 0 Å². The summed E-state index contributed by atoms with van der Waals surface area (Å²) in [6.45, 7) is 1.33. The summed E-state index contributed by atoms with van der Waals surface area (Å²) < 4.78 is 5.34. The van der Waals surface area contributed by atoms with Gasteiger partial charge in [0.2, 0.25) is 5.75 Å². The van der Waals surface area contributed by atoms with Gasteiger partial charge in [0.25, 0.3) is 0 Å². The smallest absolute Gasteiger partial charge is 0.312 e. The Hall–Kier alpha value is -1.43. The minimum atomic E-state index is -0.587. The van der Waals surface area contributed by atoms with Gasteiger partial charge in [-0.2, -0.15) is 0 Å². The number of methoxy groups -OCH3 is 1. The summed E-state index contributed by atoms with van der Waals surface area (Å²) in [5.41, 5.74) is -0.0318. The van der Waals surface area contributed by atoms with Crippen molar-refractivity contribution in [2.24, 2.45) is 0 Å². The van der Waals surface area contributed by atoms with Gasteiger partial charge in [-0.1, -0.05) is 15.9 Å². The maximum atomic E-state index is 11.2. The molecule has 1 aromatic carbocycles. The molecule has 0 amide bonds. The second kappa shape index (κ2) is 4.39. The SMILES string of the molecule is COc1c(C(C)=O)cc(Br)cc1[N+](=O)[O-]. The summed E-state index contributed by atoms with van der Waals surface area (Å²) in [4.78, 5) is 21.3. The third-order valence-electron chi connectivity index (χ3n) is 1.81. The monoisotopic (exact) mass is 273 g/mol. The van der Waals surface area contributed by atoms with Crippen molar-refractivity contribution in [2.75, 3.05) is 7.11 Å². The highest BCUT2D eigenvalue weighted by Gasteiger charge is 2.22. The maximum Gasteiger partial charge on any atom is 0.312 e. The van der Waals surface area contributed by atoms with E-state index in [0.29, 0.717) is 4.47 Å². The van der Waals surface area contributed by atoms with Crippen LogP contribution in [0, 0.1) is 10.1 Å². The number of Topliss-reactive ketones (excluding diaryl/α,β-unsaturated/α-hetero) is 1. The highest BCUT2D eigenvalue weighted by atomic mass is 79.9. The average molecular weight is 274 g/mol. The normalized spacial score (nSPS) is 9.80. The summed E-state index contributed by atoms with van der Waals surface area (Å²) in [5, 5.41) is 10.7. The summed E-state index contributed by atoms with van der Waals surface area (Å²) in [5.74, 6) is -0.285. The summed E-state index contributed by atoms with van der Waals surface area (Å²) in [7, 11) is 1.29. The Morgan fingerprint density at radius 1 is 1.53 bits per heavy atom. The number of benzene rings is 1. The summed E-state index contributed by atoms with van der Waals surface area (Å²) >= 11 is 3.10. The molecule has 5 nitrogen and oxygen atoms in total. The van der Waals surface area contributed by atoms with Gasteiger partial charge in [-0.05, 0) is 13.0 Å². The van der Waals surface area contributed by atoms with Crippen molar-refractivity contribution >= 4 is 27.4 Å². The van der Waals surface area contributed by atoms with Crippen LogP contribution in [-0.4, -0.2) is 17.8 Å². The standard InChI is InChI=1S/C9H8BrNO4/c1-5(12)7-3-6(10)4-8(11(13)14)9(7)15-2/h3-4H,1-2H3. The van der Waals surface area contributed by atoms with Crippen LogP contribution >= 0.6 is 15.9 Å². The van der Waals surface area contributed by atoms with E-state index in [1.54, 1.807) is 0 Å². The van der Waals surface area contributed by atoms with Gasteiger partial charge in [0, 0.05) is 10.5 Å². The van der Waals surface area contributed by atoms with Crippen molar-refractivity contribution in [3.8, 4) is 5.75 Å². The second-order valence-electron chi connectivity index (χ2n) is 2.82. The fourth-order valence-electron chi connectivity index (χ4n) is 1.19. The molecule has 0 radical (unpaired) electrons. The van der Waals surface area contributed by atoms with E-state index in [1.165, 1.54) is 26.2 Å². The minimum Gasteiger partial charge on any atom is -0.490 e. The third kappa shape index (κ3) is 2.33. The first kappa shape index (κ1) is 11.6. The van der Waals surface area contributed by atoms with Gasteiger partial charge in [0.15, 0.2) is 5.78 Å². The topological polar surface area (TPSA) is 69.4 Å². The predicted octanol–water partition coefficient (Wildman–Crippen LogP) is 2.57. The summed E-state index contributed by atoms with van der Waals surface area (Å²) in [6, 6.07) is 2.79. The number of carbonyl (C=O) groups excluding carboxylic acids is 1. The quantitative estimate of drug-likeness (QED) is 0.482. The molecule has 0 aliphatic rings. The van der Waals surface area contributed by atoms with Crippen LogP contribution in [-0.2, 0) is 0 Å². The highest BCUT2D eigenvalue weighted by molar-refractivity contribution is 9.10. The van der Waals surface area contributed by atoms with Crippen molar-refractivity contribution in [3.63, 3.8) is 0 Å². The Kier molecular flexibility index (Phi) is 3.41. The van der Waals surface area contributed by atoms with Crippen LogP contribution in [0.2, 0.25) is 0 Å². The van der Waals surface area contributed by atoms with Crippen LogP contribution in [0.15, 0.2) is 16.6 Å². The van der Waals surface area contributed by atoms with Crippen LogP contribution < -0.4 is 4.74 Å². The van der Waals surface area contributed by atoms with E-state index >= 15 is 0 Å². The maximum absolute atomic E-state index is 11.2. The molecule has 1 aromatic rings. The zero-order valence-corrected chi connectivity index (χ0v) is 9.70. The first-order chi connectivity index (χ1) is 6.97. The predicted molar refractivity (Wildman–Crippen MR) is 57.4 cm³/mol. The van der Waals surface area contributed by atoms with Gasteiger partial charge in [-0.15, -0.1) is 0 Å². The lowest BCUT2D eigenvalue weighted by atomic mass is 10.1. The summed E-state index contributed by atoms with van der Waals surface area (Å²) in [6.07, 6.45) is 0. The molecule has 0 aromatic heterocycles. The molecule has 0 aliphatic carbocycles. The molecule has 0 saturated heterocycles. The molecule has 0 aliphatic heterocycles. The van der Waals surface area contributed by atoms with E-state index in [0.717, 1.165) is 0 Å². The first-order valence-electron chi connectivity index (χ1n) is 4.00. The fourth-order valence-corrected chi connectivity index (χ4v) is 1.64. The first-order valence-corrected chi connectivity index (χ1v) is 4.79. The number of rotatable bonds is 3. The number of ketones is 1. The molecule has 0 atom stereocenters. The van der Waals surface area contributed by atoms with Crippen LogP contribution in [0.5, 0.6) is 5.75 Å². The molecule has 15 heavy (non-hydrogen) atoms. The number of nitrogens with zero attached hydrogens (tertiary/aromatic N) is 1. The lowest BCUT2D eigenvalue weighted by molar-refractivity contribution is -0.385. The number of hydrogen-bond acceptors (Lipinski definition) is 4. The van der Waals surface area contributed by atoms with Gasteiger partial charge >= 0.3 is 5.69 Å². The van der Waals surface area contributed by atoms with Crippen molar-refractivity contribution in [3.05, 3.63) is 32.3 Å². The second-order valence-corrected chi connectivity index (χ2v) is 3.73. The van der Waals surface area contributed by atoms with E-state index in [2.05, 4.69) is 15.9 Å². The molecule has 0 heterocycles. The van der Waals surface area contributed by atoms with Gasteiger partial charge in [0.05, 0.1) is 17.6 Å². The minimum absolute atomic E-state index is 0.00398. The fraction of sp³-hybridized carbons (Fsp3) is 0.222. The zero-order chi connectivity index (χ0) is 11.6. The van der Waals surface area contributed by atoms with Crippen molar-refractivity contribution < 1.29 is 14.5 Å².